The van der Waals surface area contributed by atoms with Crippen LogP contribution in [0.2, 0.25) is 0 Å². The largest absolute Gasteiger partial charge is 0.464 e. The molecule has 1 atom stereocenters. The van der Waals surface area contributed by atoms with E-state index in [1.54, 1.807) is 30.3 Å². The van der Waals surface area contributed by atoms with Gasteiger partial charge in [0.15, 0.2) is 5.78 Å². The lowest BCUT2D eigenvalue weighted by Crippen LogP contribution is -2.40. The molecule has 2 N–H and O–H groups in total. The van der Waals surface area contributed by atoms with Crippen LogP contribution in [-0.2, 0) is 14.3 Å². The van der Waals surface area contributed by atoms with Crippen LogP contribution in [0.1, 0.15) is 22.3 Å². The standard InChI is InChI=1S/C21H20N2O4/c24-19(11-6-15-4-2-1-3-5-15)16-7-9-17(10-8-16)22-14-20(25)23-18-12-13-27-21(18)26/h1-11,18,22H,12-14H2,(H,23,25)/b11-6+/t18-/m0/s1. The van der Waals surface area contributed by atoms with E-state index in [1.807, 2.05) is 30.3 Å². The quantitative estimate of drug-likeness (QED) is 0.448. The minimum absolute atomic E-state index is 0.0327. The molecule has 1 aliphatic rings. The molecule has 138 valence electrons. The maximum atomic E-state index is 12.2. The van der Waals surface area contributed by atoms with Gasteiger partial charge in [0.1, 0.15) is 6.04 Å². The number of carbonyl (C=O) groups is 3. The second kappa shape index (κ2) is 8.80. The number of ether oxygens (including phenoxy) is 1. The zero-order valence-electron chi connectivity index (χ0n) is 14.7. The molecule has 0 bridgehead atoms. The number of ketones is 1. The van der Waals surface area contributed by atoms with Crippen LogP contribution in [-0.4, -0.2) is 36.9 Å². The number of rotatable bonds is 7. The van der Waals surface area contributed by atoms with Gasteiger partial charge in [0.25, 0.3) is 0 Å². The number of esters is 1. The summed E-state index contributed by atoms with van der Waals surface area (Å²) in [4.78, 5) is 35.4. The summed E-state index contributed by atoms with van der Waals surface area (Å²) in [7, 11) is 0. The van der Waals surface area contributed by atoms with Crippen LogP contribution in [0.25, 0.3) is 6.08 Å². The van der Waals surface area contributed by atoms with Crippen molar-refractivity contribution >= 4 is 29.4 Å². The lowest BCUT2D eigenvalue weighted by Gasteiger charge is -2.10. The topological polar surface area (TPSA) is 84.5 Å². The number of hydrogen-bond acceptors (Lipinski definition) is 5. The van der Waals surface area contributed by atoms with Gasteiger partial charge in [-0.3, -0.25) is 9.59 Å². The predicted molar refractivity (Wildman–Crippen MR) is 102 cm³/mol. The minimum atomic E-state index is -0.560. The smallest absolute Gasteiger partial charge is 0.328 e. The lowest BCUT2D eigenvalue weighted by atomic mass is 10.1. The minimum Gasteiger partial charge on any atom is -0.464 e. The number of allylic oxidation sites excluding steroid dienone is 1. The van der Waals surface area contributed by atoms with Gasteiger partial charge in [-0.2, -0.15) is 0 Å². The van der Waals surface area contributed by atoms with Crippen molar-refractivity contribution in [1.29, 1.82) is 0 Å². The van der Waals surface area contributed by atoms with Gasteiger partial charge in [-0.15, -0.1) is 0 Å². The van der Waals surface area contributed by atoms with E-state index in [2.05, 4.69) is 10.6 Å². The SMILES string of the molecule is O=C(CNc1ccc(C(=O)/C=C/c2ccccc2)cc1)N[C@H]1CCOC1=O. The van der Waals surface area contributed by atoms with Crippen LogP contribution in [0, 0.1) is 0 Å². The van der Waals surface area contributed by atoms with Crippen molar-refractivity contribution in [3.63, 3.8) is 0 Å². The van der Waals surface area contributed by atoms with E-state index >= 15 is 0 Å². The molecule has 1 aliphatic heterocycles. The molecule has 2 aromatic rings. The molecule has 0 aliphatic carbocycles. The summed E-state index contributed by atoms with van der Waals surface area (Å²) in [5.74, 6) is -0.775. The Morgan fingerprint density at radius 2 is 1.81 bits per heavy atom. The summed E-state index contributed by atoms with van der Waals surface area (Å²) in [6.45, 7) is 0.371. The number of benzene rings is 2. The summed E-state index contributed by atoms with van der Waals surface area (Å²) >= 11 is 0. The first-order chi connectivity index (χ1) is 13.1. The summed E-state index contributed by atoms with van der Waals surface area (Å²) in [5, 5.41) is 5.59. The zero-order valence-corrected chi connectivity index (χ0v) is 14.7. The van der Waals surface area contributed by atoms with Crippen LogP contribution >= 0.6 is 0 Å². The van der Waals surface area contributed by atoms with E-state index in [-0.39, 0.29) is 18.2 Å². The molecule has 0 radical (unpaired) electrons. The molecule has 1 fully saturated rings. The van der Waals surface area contributed by atoms with Crippen molar-refractivity contribution in [2.75, 3.05) is 18.5 Å². The number of anilines is 1. The lowest BCUT2D eigenvalue weighted by molar-refractivity contribution is -0.141. The fourth-order valence-electron chi connectivity index (χ4n) is 2.64. The highest BCUT2D eigenvalue weighted by Gasteiger charge is 2.27. The molecule has 0 spiro atoms. The molecule has 1 amide bonds. The van der Waals surface area contributed by atoms with Crippen molar-refractivity contribution in [3.8, 4) is 0 Å². The number of hydrogen-bond donors (Lipinski definition) is 2. The maximum absolute atomic E-state index is 12.2. The highest BCUT2D eigenvalue weighted by atomic mass is 16.5. The zero-order chi connectivity index (χ0) is 19.1. The third-order valence-electron chi connectivity index (χ3n) is 4.12. The third kappa shape index (κ3) is 5.28. The Morgan fingerprint density at radius 1 is 1.07 bits per heavy atom. The Morgan fingerprint density at radius 3 is 2.48 bits per heavy atom. The summed E-state index contributed by atoms with van der Waals surface area (Å²) < 4.78 is 4.80. The van der Waals surface area contributed by atoms with Crippen molar-refractivity contribution in [3.05, 3.63) is 71.8 Å². The van der Waals surface area contributed by atoms with Crippen molar-refractivity contribution in [2.24, 2.45) is 0 Å². The first-order valence-electron chi connectivity index (χ1n) is 8.69. The molecule has 2 aromatic carbocycles. The molecule has 6 nitrogen and oxygen atoms in total. The second-order valence-corrected chi connectivity index (χ2v) is 6.12. The highest BCUT2D eigenvalue weighted by Crippen LogP contribution is 2.12. The summed E-state index contributed by atoms with van der Waals surface area (Å²) in [6, 6.07) is 15.9. The number of carbonyl (C=O) groups excluding carboxylic acids is 3. The van der Waals surface area contributed by atoms with Crippen LogP contribution in [0.5, 0.6) is 0 Å². The maximum Gasteiger partial charge on any atom is 0.328 e. The molecule has 0 unspecified atom stereocenters. The highest BCUT2D eigenvalue weighted by molar-refractivity contribution is 6.07. The molecular weight excluding hydrogens is 344 g/mol. The van der Waals surface area contributed by atoms with E-state index < -0.39 is 12.0 Å². The number of amides is 1. The molecule has 3 rings (SSSR count). The van der Waals surface area contributed by atoms with Crippen LogP contribution < -0.4 is 10.6 Å². The first kappa shape index (κ1) is 18.4. The van der Waals surface area contributed by atoms with Crippen LogP contribution in [0.4, 0.5) is 5.69 Å². The number of cyclic esters (lactones) is 1. The van der Waals surface area contributed by atoms with Crippen molar-refractivity contribution in [2.45, 2.75) is 12.5 Å². The average Bonchev–Trinajstić information content (AvgIpc) is 3.10. The van der Waals surface area contributed by atoms with E-state index in [0.29, 0.717) is 24.3 Å². The molecular formula is C21H20N2O4. The van der Waals surface area contributed by atoms with Gasteiger partial charge in [-0.05, 0) is 35.9 Å². The molecule has 0 saturated carbocycles. The Hall–Kier alpha value is -3.41. The molecule has 1 heterocycles. The number of nitrogens with one attached hydrogen (secondary N) is 2. The fraction of sp³-hybridized carbons (Fsp3) is 0.190. The fourth-order valence-corrected chi connectivity index (χ4v) is 2.64. The normalized spacial score (nSPS) is 16.1. The Labute approximate surface area is 157 Å². The Balaban J connectivity index is 1.49. The molecule has 27 heavy (non-hydrogen) atoms. The van der Waals surface area contributed by atoms with Gasteiger partial charge >= 0.3 is 5.97 Å². The van der Waals surface area contributed by atoms with Crippen molar-refractivity contribution < 1.29 is 19.1 Å². The molecule has 6 heteroatoms. The van der Waals surface area contributed by atoms with Crippen molar-refractivity contribution in [1.82, 2.24) is 5.32 Å². The van der Waals surface area contributed by atoms with E-state index in [0.717, 1.165) is 5.56 Å². The first-order valence-corrected chi connectivity index (χ1v) is 8.69. The molecule has 0 aromatic heterocycles. The average molecular weight is 364 g/mol. The van der Waals surface area contributed by atoms with Gasteiger partial charge in [0.05, 0.1) is 13.2 Å². The van der Waals surface area contributed by atoms with E-state index in [1.165, 1.54) is 6.08 Å². The monoisotopic (exact) mass is 364 g/mol. The van der Waals surface area contributed by atoms with E-state index in [9.17, 15) is 14.4 Å². The third-order valence-corrected chi connectivity index (χ3v) is 4.12. The van der Waals surface area contributed by atoms with Gasteiger partial charge in [0.2, 0.25) is 5.91 Å². The molecule has 1 saturated heterocycles. The van der Waals surface area contributed by atoms with Gasteiger partial charge in [-0.1, -0.05) is 36.4 Å². The van der Waals surface area contributed by atoms with Crippen LogP contribution in [0.3, 0.4) is 0 Å². The Kier molecular flexibility index (Phi) is 5.99. The summed E-state index contributed by atoms with van der Waals surface area (Å²) in [5.41, 5.74) is 2.23. The van der Waals surface area contributed by atoms with Gasteiger partial charge in [-0.25, -0.2) is 4.79 Å². The second-order valence-electron chi connectivity index (χ2n) is 6.12. The Bertz CT molecular complexity index is 844. The van der Waals surface area contributed by atoms with E-state index in [4.69, 9.17) is 4.74 Å². The van der Waals surface area contributed by atoms with Crippen LogP contribution in [0.15, 0.2) is 60.7 Å². The van der Waals surface area contributed by atoms with Gasteiger partial charge < -0.3 is 15.4 Å². The predicted octanol–water partition coefficient (Wildman–Crippen LogP) is 2.43. The van der Waals surface area contributed by atoms with Gasteiger partial charge in [0, 0.05) is 17.7 Å². The summed E-state index contributed by atoms with van der Waals surface area (Å²) in [6.07, 6.45) is 3.80.